The van der Waals surface area contributed by atoms with Crippen molar-refractivity contribution in [2.75, 3.05) is 31.5 Å². The van der Waals surface area contributed by atoms with E-state index in [1.54, 1.807) is 0 Å². The number of nitrogens with zero attached hydrogens (tertiary/aromatic N) is 3. The molecule has 6 nitrogen and oxygen atoms in total. The van der Waals surface area contributed by atoms with Gasteiger partial charge in [-0.2, -0.15) is 0 Å². The summed E-state index contributed by atoms with van der Waals surface area (Å²) in [6, 6.07) is 18.2. The number of anilines is 1. The minimum atomic E-state index is 0. The first-order chi connectivity index (χ1) is 13.3. The zero-order valence-corrected chi connectivity index (χ0v) is 18.4. The van der Waals surface area contributed by atoms with Gasteiger partial charge in [-0.25, -0.2) is 4.98 Å². The minimum Gasteiger partial charge on any atom is -0.368 e. The molecule has 0 bridgehead atoms. The van der Waals surface area contributed by atoms with Crippen molar-refractivity contribution in [1.82, 2.24) is 20.6 Å². The lowest BCUT2D eigenvalue weighted by molar-refractivity contribution is 0.811. The molecule has 0 saturated carbocycles. The van der Waals surface area contributed by atoms with Crippen molar-refractivity contribution in [3.8, 4) is 0 Å². The predicted octanol–water partition coefficient (Wildman–Crippen LogP) is 3.46. The van der Waals surface area contributed by atoms with Crippen LogP contribution in [-0.4, -0.2) is 42.1 Å². The fraction of sp³-hybridized carbons (Fsp3) is 0.286. The van der Waals surface area contributed by atoms with Crippen LogP contribution in [0.3, 0.4) is 0 Å². The van der Waals surface area contributed by atoms with Crippen molar-refractivity contribution >= 4 is 46.7 Å². The van der Waals surface area contributed by atoms with Crippen LogP contribution >= 0.6 is 24.0 Å². The molecule has 0 spiro atoms. The highest BCUT2D eigenvalue weighted by molar-refractivity contribution is 14.0. The summed E-state index contributed by atoms with van der Waals surface area (Å²) in [5, 5.41) is 11.1. The lowest BCUT2D eigenvalue weighted by Crippen LogP contribution is -2.39. The summed E-state index contributed by atoms with van der Waals surface area (Å²) in [6.45, 7) is 5.11. The average molecular weight is 490 g/mol. The van der Waals surface area contributed by atoms with E-state index in [1.807, 2.05) is 48.7 Å². The van der Waals surface area contributed by atoms with Crippen molar-refractivity contribution < 1.29 is 0 Å². The van der Waals surface area contributed by atoms with E-state index >= 15 is 0 Å². The largest absolute Gasteiger partial charge is 0.368 e. The van der Waals surface area contributed by atoms with Gasteiger partial charge in [-0.3, -0.25) is 9.98 Å². The van der Waals surface area contributed by atoms with Gasteiger partial charge in [0.2, 0.25) is 0 Å². The summed E-state index contributed by atoms with van der Waals surface area (Å²) >= 11 is 0. The summed E-state index contributed by atoms with van der Waals surface area (Å²) in [5.74, 6) is 1.70. The van der Waals surface area contributed by atoms with Gasteiger partial charge in [-0.05, 0) is 37.3 Å². The molecule has 0 atom stereocenters. The van der Waals surface area contributed by atoms with Gasteiger partial charge in [-0.1, -0.05) is 24.3 Å². The third kappa shape index (κ3) is 6.95. The molecule has 3 rings (SSSR count). The van der Waals surface area contributed by atoms with E-state index in [0.717, 1.165) is 54.4 Å². The van der Waals surface area contributed by atoms with Crippen LogP contribution < -0.4 is 16.0 Å². The number of fused-ring (bicyclic) bond motifs is 1. The van der Waals surface area contributed by atoms with Crippen LogP contribution in [0.2, 0.25) is 0 Å². The van der Waals surface area contributed by atoms with Crippen LogP contribution in [-0.2, 0) is 6.42 Å². The lowest BCUT2D eigenvalue weighted by atomic mass is 10.2. The number of halogens is 1. The van der Waals surface area contributed by atoms with E-state index in [9.17, 15) is 0 Å². The van der Waals surface area contributed by atoms with Crippen molar-refractivity contribution in [3.05, 3.63) is 66.5 Å². The van der Waals surface area contributed by atoms with E-state index in [4.69, 9.17) is 0 Å². The van der Waals surface area contributed by atoms with Gasteiger partial charge in [-0.15, -0.1) is 24.0 Å². The van der Waals surface area contributed by atoms with Crippen molar-refractivity contribution in [3.63, 3.8) is 0 Å². The Morgan fingerprint density at radius 3 is 2.64 bits per heavy atom. The molecular weight excluding hydrogens is 463 g/mol. The first-order valence-electron chi connectivity index (χ1n) is 9.37. The molecule has 0 unspecified atom stereocenters. The molecule has 28 heavy (non-hydrogen) atoms. The highest BCUT2D eigenvalue weighted by Crippen LogP contribution is 2.14. The van der Waals surface area contributed by atoms with Gasteiger partial charge in [0.1, 0.15) is 5.82 Å². The second-order valence-corrected chi connectivity index (χ2v) is 6.07. The van der Waals surface area contributed by atoms with Crippen LogP contribution in [0.4, 0.5) is 5.82 Å². The Morgan fingerprint density at radius 1 is 0.964 bits per heavy atom. The van der Waals surface area contributed by atoms with E-state index in [0.29, 0.717) is 6.54 Å². The second kappa shape index (κ2) is 12.1. The van der Waals surface area contributed by atoms with E-state index < -0.39 is 0 Å². The maximum absolute atomic E-state index is 4.62. The van der Waals surface area contributed by atoms with E-state index in [-0.39, 0.29) is 24.0 Å². The Labute approximate surface area is 183 Å². The molecule has 0 radical (unpaired) electrons. The summed E-state index contributed by atoms with van der Waals surface area (Å²) in [4.78, 5) is 13.6. The number of rotatable bonds is 8. The molecule has 2 heterocycles. The molecule has 0 fully saturated rings. The van der Waals surface area contributed by atoms with Crippen molar-refractivity contribution in [2.24, 2.45) is 4.99 Å². The molecular formula is C21H27IN6. The summed E-state index contributed by atoms with van der Waals surface area (Å²) in [7, 11) is 0. The average Bonchev–Trinajstić information content (AvgIpc) is 2.72. The van der Waals surface area contributed by atoms with Gasteiger partial charge >= 0.3 is 0 Å². The van der Waals surface area contributed by atoms with Gasteiger partial charge in [0.25, 0.3) is 0 Å². The third-order valence-corrected chi connectivity index (χ3v) is 4.03. The Bertz CT molecular complexity index is 869. The smallest absolute Gasteiger partial charge is 0.191 e. The fourth-order valence-electron chi connectivity index (χ4n) is 2.71. The van der Waals surface area contributed by atoms with Gasteiger partial charge in [0, 0.05) is 49.9 Å². The molecule has 7 heteroatoms. The zero-order valence-electron chi connectivity index (χ0n) is 16.1. The highest BCUT2D eigenvalue weighted by atomic mass is 127. The van der Waals surface area contributed by atoms with Crippen LogP contribution in [0, 0.1) is 0 Å². The number of hydrogen-bond donors (Lipinski definition) is 3. The molecule has 0 aliphatic rings. The monoisotopic (exact) mass is 490 g/mol. The number of nitrogens with one attached hydrogen (secondary N) is 3. The number of benzene rings is 1. The molecule has 148 valence electrons. The zero-order chi connectivity index (χ0) is 18.7. The molecule has 2 aromatic heterocycles. The molecule has 0 amide bonds. The van der Waals surface area contributed by atoms with Crippen LogP contribution in [0.25, 0.3) is 10.9 Å². The van der Waals surface area contributed by atoms with Crippen LogP contribution in [0.5, 0.6) is 0 Å². The van der Waals surface area contributed by atoms with Gasteiger partial charge in [0.05, 0.1) is 5.52 Å². The first kappa shape index (κ1) is 21.9. The van der Waals surface area contributed by atoms with Crippen LogP contribution in [0.15, 0.2) is 65.8 Å². The maximum Gasteiger partial charge on any atom is 0.191 e. The standard InChI is InChI=1S/C21H26N6.HI/c1-2-22-21(25-14-12-18-8-5-6-13-23-18)26-16-15-24-20-11-10-17-7-3-4-9-19(17)27-20;/h3-11,13H,2,12,14-16H2,1H3,(H,24,27)(H2,22,25,26);1H. The number of aromatic nitrogens is 2. The van der Waals surface area contributed by atoms with E-state index in [1.165, 1.54) is 0 Å². The normalized spacial score (nSPS) is 11.0. The molecule has 0 aliphatic carbocycles. The Morgan fingerprint density at radius 2 is 1.82 bits per heavy atom. The third-order valence-electron chi connectivity index (χ3n) is 4.03. The van der Waals surface area contributed by atoms with Crippen molar-refractivity contribution in [1.29, 1.82) is 0 Å². The summed E-state index contributed by atoms with van der Waals surface area (Å²) < 4.78 is 0. The molecule has 1 aromatic carbocycles. The number of guanidine groups is 1. The van der Waals surface area contributed by atoms with E-state index in [2.05, 4.69) is 50.0 Å². The Kier molecular flexibility index (Phi) is 9.47. The number of para-hydroxylation sites is 1. The highest BCUT2D eigenvalue weighted by Gasteiger charge is 1.99. The lowest BCUT2D eigenvalue weighted by Gasteiger charge is -2.12. The molecule has 0 aliphatic heterocycles. The predicted molar refractivity (Wildman–Crippen MR) is 128 cm³/mol. The number of hydrogen-bond acceptors (Lipinski definition) is 4. The van der Waals surface area contributed by atoms with Gasteiger partial charge < -0.3 is 16.0 Å². The summed E-state index contributed by atoms with van der Waals surface area (Å²) in [6.07, 6.45) is 2.64. The quantitative estimate of drug-likeness (QED) is 0.195. The van der Waals surface area contributed by atoms with Crippen molar-refractivity contribution in [2.45, 2.75) is 13.3 Å². The SMILES string of the molecule is CCNC(=NCCc1ccccn1)NCCNc1ccc2ccccc2n1.I. The Balaban J connectivity index is 0.00000280. The topological polar surface area (TPSA) is 74.2 Å². The fourth-order valence-corrected chi connectivity index (χ4v) is 2.71. The van der Waals surface area contributed by atoms with Gasteiger partial charge in [0.15, 0.2) is 5.96 Å². The maximum atomic E-state index is 4.62. The number of pyridine rings is 2. The first-order valence-corrected chi connectivity index (χ1v) is 9.37. The summed E-state index contributed by atoms with van der Waals surface area (Å²) in [5.41, 5.74) is 2.06. The Hall–Kier alpha value is -2.42. The second-order valence-electron chi connectivity index (χ2n) is 6.07. The molecule has 0 saturated heterocycles. The molecule has 3 aromatic rings. The molecule has 3 N–H and O–H groups in total. The number of aliphatic imine (C=N–C) groups is 1. The van der Waals surface area contributed by atoms with Crippen LogP contribution in [0.1, 0.15) is 12.6 Å². The minimum absolute atomic E-state index is 0.